The van der Waals surface area contributed by atoms with Crippen molar-refractivity contribution in [3.8, 4) is 0 Å². The molecule has 0 radical (unpaired) electrons. The highest BCUT2D eigenvalue weighted by atomic mass is 19.2. The van der Waals surface area contributed by atoms with E-state index in [0.29, 0.717) is 37.9 Å². The fourth-order valence-corrected chi connectivity index (χ4v) is 2.66. The maximum Gasteiger partial charge on any atom is 0.222 e. The minimum absolute atomic E-state index is 0.0922. The van der Waals surface area contributed by atoms with Gasteiger partial charge in [-0.25, -0.2) is 8.78 Å². The maximum atomic E-state index is 13.1. The van der Waals surface area contributed by atoms with Gasteiger partial charge >= 0.3 is 0 Å². The molecule has 0 aliphatic carbocycles. The van der Waals surface area contributed by atoms with E-state index < -0.39 is 11.6 Å². The molecule has 0 aromatic heterocycles. The maximum absolute atomic E-state index is 13.1. The quantitative estimate of drug-likeness (QED) is 0.397. The zero-order valence-electron chi connectivity index (χ0n) is 13.3. The van der Waals surface area contributed by atoms with Crippen molar-refractivity contribution in [2.75, 3.05) is 26.2 Å². The lowest BCUT2D eigenvalue weighted by atomic mass is 10.1. The lowest BCUT2D eigenvalue weighted by molar-refractivity contribution is -0.132. The van der Waals surface area contributed by atoms with Crippen LogP contribution in [0.2, 0.25) is 0 Å². The zero-order chi connectivity index (χ0) is 16.8. The van der Waals surface area contributed by atoms with E-state index in [1.165, 1.54) is 6.07 Å². The molecule has 0 saturated carbocycles. The molecule has 1 fully saturated rings. The monoisotopic (exact) mass is 324 g/mol. The molecule has 1 aromatic carbocycles. The Morgan fingerprint density at radius 2 is 1.83 bits per heavy atom. The van der Waals surface area contributed by atoms with E-state index in [4.69, 9.17) is 5.84 Å². The Kier molecular flexibility index (Phi) is 5.90. The number of rotatable bonds is 4. The van der Waals surface area contributed by atoms with Crippen molar-refractivity contribution >= 4 is 11.7 Å². The molecule has 0 spiro atoms. The van der Waals surface area contributed by atoms with Crippen LogP contribution in [0.1, 0.15) is 25.3 Å². The molecule has 5 nitrogen and oxygen atoms in total. The number of benzene rings is 1. The predicted molar refractivity (Wildman–Crippen MR) is 84.7 cm³/mol. The van der Waals surface area contributed by atoms with Gasteiger partial charge in [0.15, 0.2) is 11.6 Å². The number of piperazine rings is 1. The summed E-state index contributed by atoms with van der Waals surface area (Å²) in [6.45, 7) is 4.59. The summed E-state index contributed by atoms with van der Waals surface area (Å²) in [7, 11) is 0. The molecular formula is C16H22F2N4O. The summed E-state index contributed by atoms with van der Waals surface area (Å²) >= 11 is 0. The Hall–Kier alpha value is -2.18. The Morgan fingerprint density at radius 3 is 2.43 bits per heavy atom. The van der Waals surface area contributed by atoms with E-state index >= 15 is 0 Å². The van der Waals surface area contributed by atoms with Crippen molar-refractivity contribution in [2.24, 2.45) is 10.9 Å². The van der Waals surface area contributed by atoms with Gasteiger partial charge in [-0.1, -0.05) is 6.07 Å². The predicted octanol–water partition coefficient (Wildman–Crippen LogP) is 1.72. The summed E-state index contributed by atoms with van der Waals surface area (Å²) in [6, 6.07) is 3.86. The van der Waals surface area contributed by atoms with Crippen molar-refractivity contribution in [2.45, 2.75) is 26.2 Å². The molecule has 1 aliphatic rings. The highest BCUT2D eigenvalue weighted by molar-refractivity contribution is 5.80. The molecule has 0 atom stereocenters. The molecule has 126 valence electrons. The zero-order valence-corrected chi connectivity index (χ0v) is 13.3. The SMILES string of the molecule is C/C(=N/N)N1CCN(C(=O)CCCc2ccc(F)c(F)c2)CC1. The smallest absolute Gasteiger partial charge is 0.222 e. The first-order chi connectivity index (χ1) is 11.0. The van der Waals surface area contributed by atoms with Crippen molar-refractivity contribution < 1.29 is 13.6 Å². The molecule has 23 heavy (non-hydrogen) atoms. The Balaban J connectivity index is 1.74. The van der Waals surface area contributed by atoms with Gasteiger partial charge in [-0.3, -0.25) is 4.79 Å². The average Bonchev–Trinajstić information content (AvgIpc) is 2.57. The van der Waals surface area contributed by atoms with Crippen LogP contribution < -0.4 is 5.84 Å². The van der Waals surface area contributed by atoms with Crippen LogP contribution in [-0.2, 0) is 11.2 Å². The van der Waals surface area contributed by atoms with Gasteiger partial charge in [0.2, 0.25) is 5.91 Å². The van der Waals surface area contributed by atoms with Crippen LogP contribution in [0.5, 0.6) is 0 Å². The van der Waals surface area contributed by atoms with E-state index in [9.17, 15) is 13.6 Å². The fourth-order valence-electron chi connectivity index (χ4n) is 2.66. The first kappa shape index (κ1) is 17.2. The van der Waals surface area contributed by atoms with E-state index in [2.05, 4.69) is 5.10 Å². The summed E-state index contributed by atoms with van der Waals surface area (Å²) in [6.07, 6.45) is 1.58. The lowest BCUT2D eigenvalue weighted by Crippen LogP contribution is -2.50. The van der Waals surface area contributed by atoms with Crippen LogP contribution in [0.4, 0.5) is 8.78 Å². The largest absolute Gasteiger partial charge is 0.355 e. The van der Waals surface area contributed by atoms with E-state index in [0.717, 1.165) is 25.0 Å². The molecule has 1 aromatic rings. The van der Waals surface area contributed by atoms with E-state index in [1.54, 1.807) is 6.07 Å². The number of nitrogens with two attached hydrogens (primary N) is 1. The lowest BCUT2D eigenvalue weighted by Gasteiger charge is -2.35. The first-order valence-electron chi connectivity index (χ1n) is 7.72. The number of hydrogen-bond donors (Lipinski definition) is 1. The Bertz CT molecular complexity index is 583. The van der Waals surface area contributed by atoms with Crippen molar-refractivity contribution in [1.29, 1.82) is 0 Å². The average molecular weight is 324 g/mol. The second kappa shape index (κ2) is 7.89. The van der Waals surface area contributed by atoms with Gasteiger partial charge in [0.1, 0.15) is 5.84 Å². The number of nitrogens with zero attached hydrogens (tertiary/aromatic N) is 3. The third-order valence-electron chi connectivity index (χ3n) is 4.12. The molecule has 2 rings (SSSR count). The third-order valence-corrected chi connectivity index (χ3v) is 4.12. The van der Waals surface area contributed by atoms with Gasteiger partial charge in [-0.2, -0.15) is 5.10 Å². The molecule has 0 bridgehead atoms. The van der Waals surface area contributed by atoms with Crippen LogP contribution in [0.3, 0.4) is 0 Å². The molecule has 1 saturated heterocycles. The Labute approximate surface area is 134 Å². The van der Waals surface area contributed by atoms with Gasteiger partial charge in [0, 0.05) is 32.6 Å². The van der Waals surface area contributed by atoms with E-state index in [1.807, 2.05) is 16.7 Å². The van der Waals surface area contributed by atoms with Crippen LogP contribution in [-0.4, -0.2) is 47.7 Å². The van der Waals surface area contributed by atoms with Gasteiger partial charge in [-0.15, -0.1) is 0 Å². The highest BCUT2D eigenvalue weighted by Gasteiger charge is 2.21. The number of hydrazone groups is 1. The van der Waals surface area contributed by atoms with Crippen molar-refractivity contribution in [1.82, 2.24) is 9.80 Å². The van der Waals surface area contributed by atoms with Gasteiger partial charge < -0.3 is 15.6 Å². The molecule has 7 heteroatoms. The highest BCUT2D eigenvalue weighted by Crippen LogP contribution is 2.12. The third kappa shape index (κ3) is 4.64. The number of carbonyl (C=O) groups excluding carboxylic acids is 1. The standard InChI is InChI=1S/C16H22F2N4O/c1-12(20-19)21-7-9-22(10-8-21)16(23)4-2-3-13-5-6-14(17)15(18)11-13/h5-6,11H,2-4,7-10,19H2,1H3/b20-12-. The second-order valence-electron chi connectivity index (χ2n) is 5.65. The molecular weight excluding hydrogens is 302 g/mol. The number of amidine groups is 1. The summed E-state index contributed by atoms with van der Waals surface area (Å²) in [4.78, 5) is 16.0. The van der Waals surface area contributed by atoms with Gasteiger partial charge in [-0.05, 0) is 37.5 Å². The first-order valence-corrected chi connectivity index (χ1v) is 7.72. The van der Waals surface area contributed by atoms with Crippen LogP contribution in [0.15, 0.2) is 23.3 Å². The summed E-state index contributed by atoms with van der Waals surface area (Å²) in [5, 5.41) is 3.66. The van der Waals surface area contributed by atoms with E-state index in [-0.39, 0.29) is 5.91 Å². The molecule has 1 heterocycles. The Morgan fingerprint density at radius 1 is 1.17 bits per heavy atom. The van der Waals surface area contributed by atoms with Gasteiger partial charge in [0.05, 0.1) is 0 Å². The minimum atomic E-state index is -0.848. The minimum Gasteiger partial charge on any atom is -0.355 e. The second-order valence-corrected chi connectivity index (χ2v) is 5.65. The molecule has 1 aliphatic heterocycles. The summed E-state index contributed by atoms with van der Waals surface area (Å²) in [5.41, 5.74) is 0.705. The van der Waals surface area contributed by atoms with Gasteiger partial charge in [0.25, 0.3) is 0 Å². The van der Waals surface area contributed by atoms with Crippen LogP contribution in [0.25, 0.3) is 0 Å². The topological polar surface area (TPSA) is 61.9 Å². The number of carbonyl (C=O) groups is 1. The molecule has 2 N–H and O–H groups in total. The fraction of sp³-hybridized carbons (Fsp3) is 0.500. The van der Waals surface area contributed by atoms with Crippen LogP contribution >= 0.6 is 0 Å². The number of amides is 1. The number of halogens is 2. The molecule has 1 amide bonds. The van der Waals surface area contributed by atoms with Crippen molar-refractivity contribution in [3.05, 3.63) is 35.4 Å². The summed E-state index contributed by atoms with van der Waals surface area (Å²) in [5.74, 6) is 4.43. The van der Waals surface area contributed by atoms with Crippen molar-refractivity contribution in [3.63, 3.8) is 0 Å². The normalized spacial score (nSPS) is 15.9. The number of aryl methyl sites for hydroxylation is 1. The summed E-state index contributed by atoms with van der Waals surface area (Å²) < 4.78 is 26.0. The van der Waals surface area contributed by atoms with Crippen LogP contribution in [0, 0.1) is 11.6 Å². The molecule has 0 unspecified atom stereocenters. The number of hydrogen-bond acceptors (Lipinski definition) is 3.